The molecule has 0 atom stereocenters. The van der Waals surface area contributed by atoms with Crippen molar-refractivity contribution in [2.45, 2.75) is 0 Å². The van der Waals surface area contributed by atoms with Crippen LogP contribution in [0.1, 0.15) is 0 Å². The molecule has 0 fully saturated rings. The number of benzene rings is 2. The monoisotopic (exact) mass is 323 g/mol. The summed E-state index contributed by atoms with van der Waals surface area (Å²) in [5.41, 5.74) is 3.74. The van der Waals surface area contributed by atoms with Gasteiger partial charge >= 0.3 is 0 Å². The molecule has 3 heteroatoms. The summed E-state index contributed by atoms with van der Waals surface area (Å²) in [4.78, 5) is 4.51. The fourth-order valence-corrected chi connectivity index (χ4v) is 2.94. The minimum Gasteiger partial charge on any atom is -0.454 e. The highest BCUT2D eigenvalue weighted by Crippen LogP contribution is 2.32. The Balaban J connectivity index is 2.03. The first-order valence-corrected chi connectivity index (χ1v) is 7.14. The molecule has 2 nitrogen and oxygen atoms in total. The van der Waals surface area contributed by atoms with Crippen LogP contribution in [0.5, 0.6) is 0 Å². The van der Waals surface area contributed by atoms with E-state index in [0.717, 1.165) is 37.7 Å². The average Bonchev–Trinajstić information content (AvgIpc) is 2.85. The topological polar surface area (TPSA) is 26.0 Å². The normalized spacial score (nSPS) is 11.2. The Morgan fingerprint density at radius 1 is 0.850 bits per heavy atom. The maximum absolute atomic E-state index is 5.80. The van der Waals surface area contributed by atoms with E-state index in [1.165, 1.54) is 0 Å². The summed E-state index contributed by atoms with van der Waals surface area (Å²) < 4.78 is 6.84. The Labute approximate surface area is 124 Å². The van der Waals surface area contributed by atoms with E-state index < -0.39 is 0 Å². The van der Waals surface area contributed by atoms with Crippen LogP contribution in [-0.4, -0.2) is 4.98 Å². The van der Waals surface area contributed by atoms with E-state index in [4.69, 9.17) is 4.42 Å². The zero-order chi connectivity index (χ0) is 13.5. The van der Waals surface area contributed by atoms with E-state index in [1.54, 1.807) is 6.20 Å². The summed E-state index contributed by atoms with van der Waals surface area (Å²) in [5, 5.41) is 2.22. The minimum atomic E-state index is 0.821. The molecule has 2 heterocycles. The highest BCUT2D eigenvalue weighted by Gasteiger charge is 2.10. The van der Waals surface area contributed by atoms with Gasteiger partial charge in [0.05, 0.1) is 11.9 Å². The van der Waals surface area contributed by atoms with Crippen LogP contribution >= 0.6 is 15.9 Å². The van der Waals surface area contributed by atoms with Crippen LogP contribution in [0.2, 0.25) is 0 Å². The first-order chi connectivity index (χ1) is 9.83. The predicted octanol–water partition coefficient (Wildman–Crippen LogP) is 5.41. The van der Waals surface area contributed by atoms with Gasteiger partial charge in [0, 0.05) is 20.8 Å². The number of nitrogens with zero attached hydrogens (tertiary/aromatic N) is 1. The average molecular weight is 324 g/mol. The molecule has 0 radical (unpaired) electrons. The summed E-state index contributed by atoms with van der Waals surface area (Å²) in [7, 11) is 0. The van der Waals surface area contributed by atoms with Gasteiger partial charge < -0.3 is 4.42 Å². The number of halogens is 1. The number of hydrogen-bond donors (Lipinski definition) is 0. The maximum Gasteiger partial charge on any atom is 0.153 e. The number of aromatic nitrogens is 1. The smallest absolute Gasteiger partial charge is 0.153 e. The van der Waals surface area contributed by atoms with Gasteiger partial charge in [-0.15, -0.1) is 0 Å². The lowest BCUT2D eigenvalue weighted by Crippen LogP contribution is -1.83. The van der Waals surface area contributed by atoms with Gasteiger partial charge in [-0.1, -0.05) is 52.3 Å². The van der Waals surface area contributed by atoms with Crippen molar-refractivity contribution in [3.8, 4) is 11.3 Å². The van der Waals surface area contributed by atoms with Crippen molar-refractivity contribution in [1.29, 1.82) is 0 Å². The molecular weight excluding hydrogens is 314 g/mol. The first-order valence-electron chi connectivity index (χ1n) is 6.35. The molecule has 20 heavy (non-hydrogen) atoms. The van der Waals surface area contributed by atoms with Gasteiger partial charge in [0.1, 0.15) is 5.58 Å². The third-order valence-electron chi connectivity index (χ3n) is 3.41. The second-order valence-corrected chi connectivity index (χ2v) is 5.50. The van der Waals surface area contributed by atoms with Crippen LogP contribution < -0.4 is 0 Å². The van der Waals surface area contributed by atoms with Gasteiger partial charge in [0.15, 0.2) is 5.58 Å². The zero-order valence-corrected chi connectivity index (χ0v) is 12.1. The van der Waals surface area contributed by atoms with Crippen LogP contribution in [-0.2, 0) is 0 Å². The third kappa shape index (κ3) is 1.74. The lowest BCUT2D eigenvalue weighted by molar-refractivity contribution is 0.667. The molecule has 0 bridgehead atoms. The second kappa shape index (κ2) is 4.46. The molecule has 96 valence electrons. The lowest BCUT2D eigenvalue weighted by atomic mass is 10.1. The molecule has 4 aromatic rings. The summed E-state index contributed by atoms with van der Waals surface area (Å²) in [6, 6.07) is 18.2. The largest absolute Gasteiger partial charge is 0.454 e. The number of furan rings is 1. The van der Waals surface area contributed by atoms with Gasteiger partial charge in [-0.3, -0.25) is 4.98 Å². The molecule has 0 saturated heterocycles. The van der Waals surface area contributed by atoms with Crippen molar-refractivity contribution in [3.05, 3.63) is 65.3 Å². The molecule has 0 aliphatic rings. The highest BCUT2D eigenvalue weighted by atomic mass is 79.9. The number of hydrogen-bond acceptors (Lipinski definition) is 2. The van der Waals surface area contributed by atoms with E-state index in [0.29, 0.717) is 0 Å². The van der Waals surface area contributed by atoms with Gasteiger partial charge in [-0.25, -0.2) is 0 Å². The summed E-state index contributed by atoms with van der Waals surface area (Å²) in [6.07, 6.45) is 1.80. The molecule has 4 rings (SSSR count). The molecule has 0 amide bonds. The Kier molecular flexibility index (Phi) is 2.60. The third-order valence-corrected chi connectivity index (χ3v) is 4.11. The summed E-state index contributed by atoms with van der Waals surface area (Å²) in [5.74, 6) is 0. The maximum atomic E-state index is 5.80. The Morgan fingerprint density at radius 3 is 2.55 bits per heavy atom. The molecule has 0 aliphatic heterocycles. The van der Waals surface area contributed by atoms with Gasteiger partial charge in [-0.05, 0) is 18.2 Å². The minimum absolute atomic E-state index is 0.821. The van der Waals surface area contributed by atoms with Crippen molar-refractivity contribution in [1.82, 2.24) is 4.98 Å². The fourth-order valence-electron chi connectivity index (χ4n) is 2.45. The quantitative estimate of drug-likeness (QED) is 0.468. The van der Waals surface area contributed by atoms with Crippen molar-refractivity contribution in [2.24, 2.45) is 0 Å². The molecule has 2 aromatic carbocycles. The standard InChI is InChI=1S/C17H10BrNO/c18-14-7-3-1-6-12(14)15-9-13-11-5-2-4-8-16(11)20-17(13)10-19-15/h1-10H. The van der Waals surface area contributed by atoms with Crippen molar-refractivity contribution in [3.63, 3.8) is 0 Å². The van der Waals surface area contributed by atoms with Gasteiger partial charge in [0.25, 0.3) is 0 Å². The zero-order valence-electron chi connectivity index (χ0n) is 10.5. The Bertz CT molecular complexity index is 926. The molecule has 0 spiro atoms. The predicted molar refractivity (Wildman–Crippen MR) is 84.7 cm³/mol. The van der Waals surface area contributed by atoms with Crippen molar-refractivity contribution in [2.75, 3.05) is 0 Å². The van der Waals surface area contributed by atoms with E-state index in [1.807, 2.05) is 36.4 Å². The SMILES string of the molecule is Brc1ccccc1-c1cc2c(cn1)oc1ccccc12. The highest BCUT2D eigenvalue weighted by molar-refractivity contribution is 9.10. The summed E-state index contributed by atoms with van der Waals surface area (Å²) >= 11 is 3.57. The van der Waals surface area contributed by atoms with Crippen LogP contribution in [0, 0.1) is 0 Å². The Morgan fingerprint density at radius 2 is 1.65 bits per heavy atom. The van der Waals surface area contributed by atoms with E-state index in [9.17, 15) is 0 Å². The van der Waals surface area contributed by atoms with Crippen LogP contribution in [0.25, 0.3) is 33.2 Å². The number of para-hydroxylation sites is 1. The molecule has 2 aromatic heterocycles. The van der Waals surface area contributed by atoms with E-state index in [-0.39, 0.29) is 0 Å². The molecule has 0 N–H and O–H groups in total. The fraction of sp³-hybridized carbons (Fsp3) is 0. The lowest BCUT2D eigenvalue weighted by Gasteiger charge is -2.03. The number of fused-ring (bicyclic) bond motifs is 3. The van der Waals surface area contributed by atoms with Crippen LogP contribution in [0.3, 0.4) is 0 Å². The van der Waals surface area contributed by atoms with Gasteiger partial charge in [-0.2, -0.15) is 0 Å². The van der Waals surface area contributed by atoms with Crippen molar-refractivity contribution >= 4 is 37.9 Å². The Hall–Kier alpha value is -2.13. The molecule has 0 saturated carbocycles. The number of pyridine rings is 1. The van der Waals surface area contributed by atoms with E-state index in [2.05, 4.69) is 39.1 Å². The molecule has 0 unspecified atom stereocenters. The first kappa shape index (κ1) is 11.7. The van der Waals surface area contributed by atoms with E-state index >= 15 is 0 Å². The number of rotatable bonds is 1. The van der Waals surface area contributed by atoms with Gasteiger partial charge in [0.2, 0.25) is 0 Å². The van der Waals surface area contributed by atoms with Crippen LogP contribution in [0.4, 0.5) is 0 Å². The molecular formula is C17H10BrNO. The second-order valence-electron chi connectivity index (χ2n) is 4.64. The van der Waals surface area contributed by atoms with Crippen molar-refractivity contribution < 1.29 is 4.42 Å². The molecule has 0 aliphatic carbocycles. The summed E-state index contributed by atoms with van der Waals surface area (Å²) in [6.45, 7) is 0. The van der Waals surface area contributed by atoms with Crippen LogP contribution in [0.15, 0.2) is 69.7 Å².